The molecule has 1 atom stereocenters. The number of carbonyl (C=O) groups excluding carboxylic acids is 1. The number of nitrogens with zero attached hydrogens (tertiary/aromatic N) is 1. The number of carbonyl (C=O) groups is 2. The highest BCUT2D eigenvalue weighted by Gasteiger charge is 2.24. The van der Waals surface area contributed by atoms with E-state index in [2.05, 4.69) is 10.4 Å². The van der Waals surface area contributed by atoms with Crippen molar-refractivity contribution in [2.45, 2.75) is 43.0 Å². The van der Waals surface area contributed by atoms with Crippen molar-refractivity contribution in [1.29, 1.82) is 0 Å². The monoisotopic (exact) mass is 463 g/mol. The molecule has 0 aliphatic carbocycles. The first-order valence-electron chi connectivity index (χ1n) is 10.0. The van der Waals surface area contributed by atoms with Crippen LogP contribution >= 0.6 is 0 Å². The lowest BCUT2D eigenvalue weighted by molar-refractivity contribution is -0.137. The molecule has 0 fully saturated rings. The number of sulfone groups is 1. The van der Waals surface area contributed by atoms with Gasteiger partial charge in [0.1, 0.15) is 5.82 Å². The average Bonchev–Trinajstić information content (AvgIpc) is 2.72. The summed E-state index contributed by atoms with van der Waals surface area (Å²) in [6, 6.07) is 10.8. The van der Waals surface area contributed by atoms with Gasteiger partial charge in [0.05, 0.1) is 29.3 Å². The van der Waals surface area contributed by atoms with Gasteiger partial charge in [-0.15, -0.1) is 0 Å². The highest BCUT2D eigenvalue weighted by molar-refractivity contribution is 7.91. The fraction of sp³-hybridized carbons (Fsp3) is 0.318. The van der Waals surface area contributed by atoms with Gasteiger partial charge in [0.2, 0.25) is 5.91 Å². The van der Waals surface area contributed by atoms with Crippen LogP contribution in [-0.2, 0) is 25.8 Å². The number of hydrazone groups is 1. The topological polar surface area (TPSA) is 139 Å². The number of halogens is 1. The summed E-state index contributed by atoms with van der Waals surface area (Å²) in [6.07, 6.45) is 3.19. The van der Waals surface area contributed by atoms with Crippen LogP contribution in [0.5, 0.6) is 0 Å². The van der Waals surface area contributed by atoms with E-state index in [9.17, 15) is 22.4 Å². The Bertz CT molecular complexity index is 1040. The number of rotatable bonds is 12. The SMILES string of the molecule is NN=Cc1ccc(CCCCC(=O)NC(CC(=O)O)CS(=O)(=O)c2ccc(F)cc2)cc1. The number of benzene rings is 2. The largest absolute Gasteiger partial charge is 0.481 e. The molecule has 0 saturated carbocycles. The van der Waals surface area contributed by atoms with Gasteiger partial charge in [0.25, 0.3) is 0 Å². The average molecular weight is 464 g/mol. The Balaban J connectivity index is 1.86. The molecule has 0 bridgehead atoms. The molecule has 4 N–H and O–H groups in total. The third-order valence-electron chi connectivity index (χ3n) is 4.70. The quantitative estimate of drug-likeness (QED) is 0.145. The summed E-state index contributed by atoms with van der Waals surface area (Å²) in [7, 11) is -3.90. The Kier molecular flexibility index (Phi) is 9.33. The number of nitrogens with one attached hydrogen (secondary N) is 1. The van der Waals surface area contributed by atoms with Crippen molar-refractivity contribution in [3.05, 3.63) is 65.5 Å². The number of hydrogen-bond acceptors (Lipinski definition) is 6. The first-order chi connectivity index (χ1) is 15.2. The van der Waals surface area contributed by atoms with E-state index in [-0.39, 0.29) is 11.3 Å². The van der Waals surface area contributed by atoms with Crippen molar-refractivity contribution in [2.75, 3.05) is 5.75 Å². The molecule has 1 amide bonds. The van der Waals surface area contributed by atoms with E-state index < -0.39 is 45.7 Å². The van der Waals surface area contributed by atoms with Gasteiger partial charge in [-0.1, -0.05) is 24.3 Å². The number of nitrogens with two attached hydrogens (primary N) is 1. The number of carboxylic acid groups (broad SMARTS) is 1. The zero-order valence-electron chi connectivity index (χ0n) is 17.4. The molecule has 2 rings (SSSR count). The van der Waals surface area contributed by atoms with Crippen LogP contribution in [0.25, 0.3) is 0 Å². The summed E-state index contributed by atoms with van der Waals surface area (Å²) in [5, 5.41) is 15.0. The molecule has 32 heavy (non-hydrogen) atoms. The lowest BCUT2D eigenvalue weighted by atomic mass is 10.1. The molecule has 172 valence electrons. The summed E-state index contributed by atoms with van der Waals surface area (Å²) in [5.41, 5.74) is 1.98. The smallest absolute Gasteiger partial charge is 0.305 e. The van der Waals surface area contributed by atoms with Crippen molar-refractivity contribution >= 4 is 27.9 Å². The van der Waals surface area contributed by atoms with Gasteiger partial charge >= 0.3 is 5.97 Å². The van der Waals surface area contributed by atoms with Gasteiger partial charge < -0.3 is 16.3 Å². The second-order valence-electron chi connectivity index (χ2n) is 7.32. The number of carboxylic acids is 1. The van der Waals surface area contributed by atoms with Crippen molar-refractivity contribution in [3.63, 3.8) is 0 Å². The van der Waals surface area contributed by atoms with Crippen LogP contribution in [0.4, 0.5) is 4.39 Å². The van der Waals surface area contributed by atoms with Crippen LogP contribution in [-0.4, -0.2) is 43.4 Å². The van der Waals surface area contributed by atoms with E-state index in [1.54, 1.807) is 0 Å². The summed E-state index contributed by atoms with van der Waals surface area (Å²) in [5.74, 6) is 2.29. The molecule has 0 heterocycles. The predicted molar refractivity (Wildman–Crippen MR) is 118 cm³/mol. The van der Waals surface area contributed by atoms with Crippen molar-refractivity contribution in [3.8, 4) is 0 Å². The summed E-state index contributed by atoms with van der Waals surface area (Å²) in [6.45, 7) is 0. The van der Waals surface area contributed by atoms with E-state index in [4.69, 9.17) is 10.9 Å². The maximum absolute atomic E-state index is 13.0. The van der Waals surface area contributed by atoms with Crippen molar-refractivity contribution in [2.24, 2.45) is 10.9 Å². The molecule has 2 aromatic rings. The van der Waals surface area contributed by atoms with E-state index in [0.29, 0.717) is 6.42 Å². The fourth-order valence-electron chi connectivity index (χ4n) is 3.14. The maximum atomic E-state index is 13.0. The minimum Gasteiger partial charge on any atom is -0.481 e. The lowest BCUT2D eigenvalue weighted by Gasteiger charge is -2.17. The molecule has 1 unspecified atom stereocenters. The first kappa shape index (κ1) is 25.0. The molecule has 0 radical (unpaired) electrons. The van der Waals surface area contributed by atoms with E-state index >= 15 is 0 Å². The highest BCUT2D eigenvalue weighted by Crippen LogP contribution is 2.14. The molecule has 0 aromatic heterocycles. The van der Waals surface area contributed by atoms with Crippen LogP contribution in [0.15, 0.2) is 58.5 Å². The number of hydrogen-bond donors (Lipinski definition) is 3. The van der Waals surface area contributed by atoms with Crippen LogP contribution < -0.4 is 11.2 Å². The molecule has 10 heteroatoms. The number of aryl methyl sites for hydroxylation is 1. The fourth-order valence-corrected chi connectivity index (χ4v) is 4.61. The van der Waals surface area contributed by atoms with Gasteiger partial charge in [-0.05, 0) is 54.7 Å². The first-order valence-corrected chi connectivity index (χ1v) is 11.7. The predicted octanol–water partition coefficient (Wildman–Crippen LogP) is 2.26. The zero-order chi connectivity index (χ0) is 23.6. The molecule has 0 spiro atoms. The molecular weight excluding hydrogens is 437 g/mol. The minimum atomic E-state index is -3.90. The number of amides is 1. The van der Waals surface area contributed by atoms with E-state index in [1.807, 2.05) is 24.3 Å². The Hall–Kier alpha value is -3.27. The molecule has 2 aromatic carbocycles. The molecular formula is C22H26FN3O5S. The van der Waals surface area contributed by atoms with Crippen LogP contribution in [0.1, 0.15) is 36.8 Å². The summed E-state index contributed by atoms with van der Waals surface area (Å²) in [4.78, 5) is 23.3. The standard InChI is InChI=1S/C22H26FN3O5S/c23-18-9-11-20(12-10-18)32(30,31)15-19(13-22(28)29)26-21(27)4-2-1-3-16-5-7-17(8-6-16)14-25-24/h5-12,14,19H,1-4,13,15,24H2,(H,26,27)(H,28,29). The van der Waals surface area contributed by atoms with Crippen LogP contribution in [0.3, 0.4) is 0 Å². The van der Waals surface area contributed by atoms with Gasteiger partial charge in [-0.3, -0.25) is 9.59 Å². The van der Waals surface area contributed by atoms with Crippen LogP contribution in [0.2, 0.25) is 0 Å². The lowest BCUT2D eigenvalue weighted by Crippen LogP contribution is -2.41. The van der Waals surface area contributed by atoms with Gasteiger partial charge in [0, 0.05) is 6.42 Å². The second-order valence-corrected chi connectivity index (χ2v) is 9.36. The maximum Gasteiger partial charge on any atom is 0.305 e. The second kappa shape index (κ2) is 11.9. The Morgan fingerprint density at radius 3 is 2.34 bits per heavy atom. The van der Waals surface area contributed by atoms with Crippen molar-refractivity contribution < 1.29 is 27.5 Å². The third kappa shape index (κ3) is 8.46. The normalized spacial score (nSPS) is 12.5. The van der Waals surface area contributed by atoms with Gasteiger partial charge in [0.15, 0.2) is 9.84 Å². The Labute approximate surface area is 186 Å². The Morgan fingerprint density at radius 1 is 1.09 bits per heavy atom. The molecule has 8 nitrogen and oxygen atoms in total. The van der Waals surface area contributed by atoms with Crippen LogP contribution in [0, 0.1) is 5.82 Å². The van der Waals surface area contributed by atoms with E-state index in [1.165, 1.54) is 6.21 Å². The molecule has 0 aliphatic heterocycles. The van der Waals surface area contributed by atoms with Gasteiger partial charge in [-0.2, -0.15) is 5.10 Å². The molecule has 0 saturated heterocycles. The van der Waals surface area contributed by atoms with Gasteiger partial charge in [-0.25, -0.2) is 12.8 Å². The molecule has 0 aliphatic rings. The summed E-state index contributed by atoms with van der Waals surface area (Å²) >= 11 is 0. The summed E-state index contributed by atoms with van der Waals surface area (Å²) < 4.78 is 38.1. The zero-order valence-corrected chi connectivity index (χ0v) is 18.2. The minimum absolute atomic E-state index is 0.132. The van der Waals surface area contributed by atoms with E-state index in [0.717, 1.165) is 48.2 Å². The number of aliphatic carboxylic acids is 1. The Morgan fingerprint density at radius 2 is 1.75 bits per heavy atom. The highest BCUT2D eigenvalue weighted by atomic mass is 32.2. The number of unbranched alkanes of at least 4 members (excludes halogenated alkanes) is 1. The third-order valence-corrected chi connectivity index (χ3v) is 6.53. The van der Waals surface area contributed by atoms with Crippen molar-refractivity contribution in [1.82, 2.24) is 5.32 Å².